The molecule has 0 bridgehead atoms. The molecule has 11 atom stereocenters. The van der Waals surface area contributed by atoms with Crippen LogP contribution in [0.4, 0.5) is 0 Å². The molecule has 2 aromatic carbocycles. The van der Waals surface area contributed by atoms with Crippen molar-refractivity contribution < 1.29 is 38.2 Å². The number of Topliss-reactive ketones (excluding diaryl/α,β-unsaturated/α-hetero) is 2. The highest BCUT2D eigenvalue weighted by atomic mass is 32.2. The second-order valence-corrected chi connectivity index (χ2v) is 25.0. The van der Waals surface area contributed by atoms with Gasteiger partial charge in [0.15, 0.2) is 5.78 Å². The Hall–Kier alpha value is -3.80. The number of hydrogen-bond donors (Lipinski definition) is 6. The molecule has 2 aromatic rings. The first-order valence-corrected chi connectivity index (χ1v) is 28.6. The quantitative estimate of drug-likeness (QED) is 0.0544. The molecule has 4 amide bonds. The SMILES string of the molecule is CNCC(=O)N[C@H]1CCS[C@H]2CC(C)(C)[C@@H](C(=O)N[C@H](COCCCCCCCCOC[C@@H](NC(=O)[C@H]3C4C(=O)CC(C[C@@](C)(NC)C(N)=O)CS[C@H]4CC3(C)C)c3ccccc3)c3ccccc3)C2C1=O. The van der Waals surface area contributed by atoms with Crippen molar-refractivity contribution in [1.82, 2.24) is 26.6 Å². The predicted molar refractivity (Wildman–Crippen MR) is 287 cm³/mol. The van der Waals surface area contributed by atoms with Gasteiger partial charge < -0.3 is 41.8 Å². The fourth-order valence-electron chi connectivity index (χ4n) is 11.9. The molecular weight excluding hydrogens is 949 g/mol. The molecule has 2 aliphatic heterocycles. The molecule has 398 valence electrons. The summed E-state index contributed by atoms with van der Waals surface area (Å²) in [6, 6.07) is 18.4. The van der Waals surface area contributed by atoms with E-state index in [0.29, 0.717) is 45.7 Å². The number of ketones is 2. The van der Waals surface area contributed by atoms with E-state index in [1.807, 2.05) is 60.7 Å². The molecule has 3 unspecified atom stereocenters. The molecule has 0 aromatic heterocycles. The maximum Gasteiger partial charge on any atom is 0.237 e. The smallest absolute Gasteiger partial charge is 0.237 e. The van der Waals surface area contributed by atoms with Crippen LogP contribution in [0.15, 0.2) is 60.7 Å². The molecule has 2 saturated carbocycles. The first kappa shape index (κ1) is 57.5. The summed E-state index contributed by atoms with van der Waals surface area (Å²) in [5.74, 6) is -1.26. The highest BCUT2D eigenvalue weighted by Crippen LogP contribution is 2.55. The number of amides is 4. The Kier molecular flexibility index (Phi) is 21.2. The number of unbranched alkanes of at least 4 members (excludes halogenated alkanes) is 5. The Morgan fingerprint density at radius 1 is 0.736 bits per heavy atom. The van der Waals surface area contributed by atoms with E-state index in [0.717, 1.165) is 74.0 Å². The summed E-state index contributed by atoms with van der Waals surface area (Å²) in [7, 11) is 3.42. The number of nitrogens with two attached hydrogens (primary N) is 1. The Balaban J connectivity index is 0.929. The number of rotatable bonds is 26. The van der Waals surface area contributed by atoms with E-state index >= 15 is 0 Å². The minimum Gasteiger partial charge on any atom is -0.379 e. The van der Waals surface area contributed by atoms with E-state index in [1.165, 1.54) is 0 Å². The lowest BCUT2D eigenvalue weighted by atomic mass is 9.75. The minimum atomic E-state index is -0.905. The Labute approximate surface area is 437 Å². The van der Waals surface area contributed by atoms with Crippen molar-refractivity contribution >= 4 is 58.7 Å². The summed E-state index contributed by atoms with van der Waals surface area (Å²) >= 11 is 3.52. The van der Waals surface area contributed by atoms with E-state index in [-0.39, 0.29) is 69.7 Å². The summed E-state index contributed by atoms with van der Waals surface area (Å²) in [4.78, 5) is 81.6. The van der Waals surface area contributed by atoms with E-state index in [2.05, 4.69) is 54.3 Å². The van der Waals surface area contributed by atoms with Crippen molar-refractivity contribution in [3.63, 3.8) is 0 Å². The standard InChI is InChI=1S/C56H84N6O8S2/c1-54(2)30-43-46(42(63)28-36(35-72-43)29-56(5,59-7)53(57)68)48(54)51(66)61-40(37-20-14-12-15-21-37)33-69-25-18-10-8-9-11-19-26-70-34-41(38-22-16-13-17-23-38)62-52(67)49-47-44(31-55(49,3)4)71-27-24-39(50(47)65)60-45(64)32-58-6/h12-17,20-23,36,39-41,43-44,46-49,58-59H,8-11,18-19,24-35H2,1-7H3,(H2,57,68)(H,60,64)(H,61,66)(H,62,67)/t36?,39-,40+,41+,43-,44-,46?,47?,48+,49+,56+/m0/s1. The largest absolute Gasteiger partial charge is 0.379 e. The van der Waals surface area contributed by atoms with Crippen molar-refractivity contribution in [3.05, 3.63) is 71.8 Å². The second-order valence-electron chi connectivity index (χ2n) is 22.4. The molecule has 0 spiro atoms. The zero-order chi connectivity index (χ0) is 52.1. The average Bonchev–Trinajstić information content (AvgIpc) is 3.67. The number of thioether (sulfide) groups is 2. The number of carbonyl (C=O) groups excluding carboxylic acids is 6. The predicted octanol–water partition coefficient (Wildman–Crippen LogP) is 6.72. The molecule has 72 heavy (non-hydrogen) atoms. The highest BCUT2D eigenvalue weighted by molar-refractivity contribution is 8.00. The number of carbonyl (C=O) groups is 6. The number of likely N-dealkylation sites (N-methyl/N-ethyl adjacent to an activating group) is 2. The average molecular weight is 1030 g/mol. The molecule has 2 aliphatic carbocycles. The topological polar surface area (TPSA) is 207 Å². The molecule has 2 heterocycles. The van der Waals surface area contributed by atoms with E-state index in [9.17, 15) is 28.8 Å². The molecule has 16 heteroatoms. The number of benzene rings is 2. The Morgan fingerprint density at radius 2 is 1.24 bits per heavy atom. The van der Waals surface area contributed by atoms with Gasteiger partial charge in [-0.1, -0.05) is 114 Å². The van der Waals surface area contributed by atoms with Crippen molar-refractivity contribution in [3.8, 4) is 0 Å². The van der Waals surface area contributed by atoms with E-state index < -0.39 is 46.6 Å². The van der Waals surface area contributed by atoms with E-state index in [4.69, 9.17) is 15.2 Å². The van der Waals surface area contributed by atoms with Crippen LogP contribution >= 0.6 is 23.5 Å². The monoisotopic (exact) mass is 1030 g/mol. The molecule has 2 saturated heterocycles. The molecule has 4 fully saturated rings. The normalized spacial score (nSPS) is 27.3. The number of nitrogens with one attached hydrogen (secondary N) is 5. The third-order valence-electron chi connectivity index (χ3n) is 15.9. The van der Waals surface area contributed by atoms with Gasteiger partial charge in [-0.2, -0.15) is 23.5 Å². The maximum atomic E-state index is 14.4. The summed E-state index contributed by atoms with van der Waals surface area (Å²) in [5, 5.41) is 15.5. The molecule has 14 nitrogen and oxygen atoms in total. The molecule has 7 N–H and O–H groups in total. The Bertz CT molecular complexity index is 2130. The number of fused-ring (bicyclic) bond motifs is 2. The van der Waals surface area contributed by atoms with Crippen molar-refractivity contribution in [1.29, 1.82) is 0 Å². The van der Waals surface area contributed by atoms with Crippen LogP contribution in [0.3, 0.4) is 0 Å². The third kappa shape index (κ3) is 15.0. The van der Waals surface area contributed by atoms with Crippen LogP contribution in [-0.2, 0) is 38.2 Å². The van der Waals surface area contributed by atoms with Crippen LogP contribution < -0.4 is 32.3 Å². The number of ether oxygens (including phenoxy) is 2. The summed E-state index contributed by atoms with van der Waals surface area (Å²) in [5.41, 5.74) is 5.97. The van der Waals surface area contributed by atoms with Gasteiger partial charge in [-0.25, -0.2) is 0 Å². The lowest BCUT2D eigenvalue weighted by Crippen LogP contribution is -2.53. The second kappa shape index (κ2) is 26.6. The molecule has 0 radical (unpaired) electrons. The minimum absolute atomic E-state index is 0.0161. The van der Waals surface area contributed by atoms with Gasteiger partial charge in [-0.3, -0.25) is 28.8 Å². The fourth-order valence-corrected chi connectivity index (χ4v) is 15.5. The highest BCUT2D eigenvalue weighted by Gasteiger charge is 2.58. The third-order valence-corrected chi connectivity index (χ3v) is 18.9. The van der Waals surface area contributed by atoms with Crippen LogP contribution in [0.25, 0.3) is 0 Å². The van der Waals surface area contributed by atoms with Gasteiger partial charge in [0.1, 0.15) is 5.78 Å². The lowest BCUT2D eigenvalue weighted by molar-refractivity contribution is -0.137. The summed E-state index contributed by atoms with van der Waals surface area (Å²) in [6.45, 7) is 12.1. The van der Waals surface area contributed by atoms with Gasteiger partial charge in [0, 0.05) is 42.0 Å². The van der Waals surface area contributed by atoms with Gasteiger partial charge in [0.05, 0.1) is 55.3 Å². The fraction of sp³-hybridized carbons (Fsp3) is 0.679. The van der Waals surface area contributed by atoms with Gasteiger partial charge in [-0.15, -0.1) is 0 Å². The number of primary amides is 1. The van der Waals surface area contributed by atoms with Crippen LogP contribution in [0.2, 0.25) is 0 Å². The van der Waals surface area contributed by atoms with Crippen LogP contribution in [0.5, 0.6) is 0 Å². The first-order chi connectivity index (χ1) is 34.4. The maximum absolute atomic E-state index is 14.4. The Morgan fingerprint density at radius 3 is 1.74 bits per heavy atom. The number of hydrogen-bond acceptors (Lipinski definition) is 12. The van der Waals surface area contributed by atoms with Gasteiger partial charge >= 0.3 is 0 Å². The van der Waals surface area contributed by atoms with Crippen molar-refractivity contribution in [2.45, 2.75) is 139 Å². The zero-order valence-electron chi connectivity index (χ0n) is 43.9. The van der Waals surface area contributed by atoms with Crippen molar-refractivity contribution in [2.24, 2.45) is 46.2 Å². The van der Waals surface area contributed by atoms with Crippen LogP contribution in [-0.4, -0.2) is 116 Å². The van der Waals surface area contributed by atoms with Gasteiger partial charge in [0.2, 0.25) is 23.6 Å². The molecular formula is C56H84N6O8S2. The first-order valence-electron chi connectivity index (χ1n) is 26.5. The lowest BCUT2D eigenvalue weighted by Gasteiger charge is -2.32. The van der Waals surface area contributed by atoms with Crippen LogP contribution in [0.1, 0.15) is 128 Å². The summed E-state index contributed by atoms with van der Waals surface area (Å²) in [6.07, 6.45) is 8.81. The zero-order valence-corrected chi connectivity index (χ0v) is 45.6. The molecule has 4 aliphatic rings. The van der Waals surface area contributed by atoms with Crippen LogP contribution in [0, 0.1) is 40.4 Å². The summed E-state index contributed by atoms with van der Waals surface area (Å²) < 4.78 is 12.5. The van der Waals surface area contributed by atoms with Gasteiger partial charge in [0.25, 0.3) is 0 Å². The molecule has 6 rings (SSSR count). The van der Waals surface area contributed by atoms with Crippen molar-refractivity contribution in [2.75, 3.05) is 58.6 Å². The van der Waals surface area contributed by atoms with E-state index in [1.54, 1.807) is 44.5 Å². The van der Waals surface area contributed by atoms with Gasteiger partial charge in [-0.05, 0) is 98.9 Å².